The van der Waals surface area contributed by atoms with E-state index in [0.717, 1.165) is 17.7 Å². The van der Waals surface area contributed by atoms with E-state index in [4.69, 9.17) is 23.2 Å². The molecule has 0 saturated heterocycles. The Morgan fingerprint density at radius 1 is 0.964 bits per heavy atom. The van der Waals surface area contributed by atoms with E-state index in [0.29, 0.717) is 6.54 Å². The standard InChI is InChI=1S/C19H17Cl2N5O2/c1-2-3-12-25-23-19(22-24-25)26(17(27)13-8-4-6-10-15(13)20)18(28)14-9-5-7-11-16(14)21/h4-11H,2-3,12H2,1H3. The largest absolute Gasteiger partial charge is 0.280 e. The summed E-state index contributed by atoms with van der Waals surface area (Å²) in [6, 6.07) is 12.9. The van der Waals surface area contributed by atoms with E-state index < -0.39 is 11.8 Å². The number of imide groups is 1. The van der Waals surface area contributed by atoms with Crippen LogP contribution in [-0.2, 0) is 6.54 Å². The van der Waals surface area contributed by atoms with Crippen molar-refractivity contribution in [1.82, 2.24) is 20.2 Å². The summed E-state index contributed by atoms with van der Waals surface area (Å²) in [6.07, 6.45) is 1.78. The van der Waals surface area contributed by atoms with Crippen molar-refractivity contribution in [2.45, 2.75) is 26.3 Å². The molecule has 0 aliphatic heterocycles. The van der Waals surface area contributed by atoms with Crippen molar-refractivity contribution in [2.75, 3.05) is 4.90 Å². The van der Waals surface area contributed by atoms with E-state index in [1.807, 2.05) is 6.92 Å². The van der Waals surface area contributed by atoms with Gasteiger partial charge in [-0.15, -0.1) is 5.10 Å². The van der Waals surface area contributed by atoms with Crippen molar-refractivity contribution in [3.8, 4) is 0 Å². The number of aryl methyl sites for hydroxylation is 1. The molecule has 9 heteroatoms. The lowest BCUT2D eigenvalue weighted by Gasteiger charge is -2.18. The first-order valence-electron chi connectivity index (χ1n) is 8.68. The molecule has 1 aromatic heterocycles. The molecule has 0 bridgehead atoms. The maximum Gasteiger partial charge on any atom is 0.280 e. The van der Waals surface area contributed by atoms with Crippen molar-refractivity contribution in [3.05, 3.63) is 69.7 Å². The highest BCUT2D eigenvalue weighted by Crippen LogP contribution is 2.24. The third-order valence-corrected chi connectivity index (χ3v) is 4.63. The molecule has 0 saturated carbocycles. The summed E-state index contributed by atoms with van der Waals surface area (Å²) >= 11 is 12.3. The first-order chi connectivity index (χ1) is 13.5. The number of amides is 2. The molecular formula is C19H17Cl2N5O2. The fourth-order valence-corrected chi connectivity index (χ4v) is 2.94. The Labute approximate surface area is 171 Å². The summed E-state index contributed by atoms with van der Waals surface area (Å²) in [7, 11) is 0. The van der Waals surface area contributed by atoms with Crippen LogP contribution in [-0.4, -0.2) is 32.0 Å². The summed E-state index contributed by atoms with van der Waals surface area (Å²) in [5, 5.41) is 12.5. The summed E-state index contributed by atoms with van der Waals surface area (Å²) in [4.78, 5) is 28.5. The van der Waals surface area contributed by atoms with Crippen LogP contribution in [0.2, 0.25) is 10.0 Å². The van der Waals surface area contributed by atoms with Gasteiger partial charge in [0.1, 0.15) is 0 Å². The zero-order valence-corrected chi connectivity index (χ0v) is 16.6. The summed E-state index contributed by atoms with van der Waals surface area (Å²) < 4.78 is 0. The lowest BCUT2D eigenvalue weighted by Crippen LogP contribution is -2.38. The van der Waals surface area contributed by atoms with Crippen LogP contribution in [0.4, 0.5) is 5.95 Å². The van der Waals surface area contributed by atoms with Gasteiger partial charge in [0.2, 0.25) is 0 Å². The van der Waals surface area contributed by atoms with Crippen molar-refractivity contribution < 1.29 is 9.59 Å². The number of halogens is 2. The van der Waals surface area contributed by atoms with Crippen molar-refractivity contribution >= 4 is 41.0 Å². The van der Waals surface area contributed by atoms with Crippen molar-refractivity contribution in [2.24, 2.45) is 0 Å². The van der Waals surface area contributed by atoms with Crippen LogP contribution in [0, 0.1) is 0 Å². The minimum absolute atomic E-state index is 0.133. The number of carbonyl (C=O) groups is 2. The highest BCUT2D eigenvalue weighted by atomic mass is 35.5. The van der Waals surface area contributed by atoms with Crippen LogP contribution in [0.15, 0.2) is 48.5 Å². The molecule has 0 unspecified atom stereocenters. The number of rotatable bonds is 6. The molecule has 2 amide bonds. The monoisotopic (exact) mass is 417 g/mol. The van der Waals surface area contributed by atoms with E-state index >= 15 is 0 Å². The summed E-state index contributed by atoms with van der Waals surface area (Å²) in [5.41, 5.74) is 0.295. The molecule has 144 valence electrons. The third kappa shape index (κ3) is 4.21. The normalized spacial score (nSPS) is 10.7. The fourth-order valence-electron chi connectivity index (χ4n) is 2.50. The molecular weight excluding hydrogens is 401 g/mol. The predicted octanol–water partition coefficient (Wildman–Crippen LogP) is 4.27. The molecule has 3 rings (SSSR count). The summed E-state index contributed by atoms with van der Waals surface area (Å²) in [6.45, 7) is 2.56. The molecule has 28 heavy (non-hydrogen) atoms. The van der Waals surface area contributed by atoms with Crippen LogP contribution in [0.1, 0.15) is 40.5 Å². The van der Waals surface area contributed by atoms with E-state index in [1.165, 1.54) is 16.9 Å². The SMILES string of the molecule is CCCCn1nnc(N(C(=O)c2ccccc2Cl)C(=O)c2ccccc2Cl)n1. The zero-order chi connectivity index (χ0) is 20.1. The molecule has 3 aromatic rings. The maximum absolute atomic E-state index is 13.2. The second-order valence-electron chi connectivity index (χ2n) is 5.94. The van der Waals surface area contributed by atoms with Gasteiger partial charge in [0.15, 0.2) is 0 Å². The Bertz CT molecular complexity index is 948. The Kier molecular flexibility index (Phi) is 6.38. The Morgan fingerprint density at radius 3 is 2.00 bits per heavy atom. The number of aromatic nitrogens is 4. The minimum Gasteiger partial charge on any atom is -0.268 e. The fraction of sp³-hybridized carbons (Fsp3) is 0.211. The number of carbonyl (C=O) groups excluding carboxylic acids is 2. The number of nitrogens with zero attached hydrogens (tertiary/aromatic N) is 5. The second-order valence-corrected chi connectivity index (χ2v) is 6.76. The molecule has 1 heterocycles. The molecule has 0 aliphatic carbocycles. The van der Waals surface area contributed by atoms with Gasteiger partial charge in [-0.25, -0.2) is 4.90 Å². The van der Waals surface area contributed by atoms with Gasteiger partial charge in [0.25, 0.3) is 17.8 Å². The van der Waals surface area contributed by atoms with Gasteiger partial charge in [-0.05, 0) is 35.9 Å². The number of tetrazole rings is 1. The first-order valence-corrected chi connectivity index (χ1v) is 9.44. The first kappa shape index (κ1) is 20.0. The van der Waals surface area contributed by atoms with Gasteiger partial charge >= 0.3 is 0 Å². The van der Waals surface area contributed by atoms with Crippen LogP contribution >= 0.6 is 23.2 Å². The van der Waals surface area contributed by atoms with Crippen LogP contribution < -0.4 is 4.90 Å². The quantitative estimate of drug-likeness (QED) is 0.559. The van der Waals surface area contributed by atoms with Gasteiger partial charge in [0, 0.05) is 0 Å². The van der Waals surface area contributed by atoms with Gasteiger partial charge < -0.3 is 0 Å². The van der Waals surface area contributed by atoms with E-state index in [1.54, 1.807) is 36.4 Å². The zero-order valence-electron chi connectivity index (χ0n) is 15.0. The third-order valence-electron chi connectivity index (χ3n) is 3.97. The molecule has 0 fully saturated rings. The van der Waals surface area contributed by atoms with Crippen molar-refractivity contribution in [1.29, 1.82) is 0 Å². The van der Waals surface area contributed by atoms with Crippen LogP contribution in [0.5, 0.6) is 0 Å². The van der Waals surface area contributed by atoms with E-state index in [-0.39, 0.29) is 27.1 Å². The highest BCUT2D eigenvalue weighted by molar-refractivity contribution is 6.38. The molecule has 0 aliphatic rings. The van der Waals surface area contributed by atoms with Gasteiger partial charge in [0.05, 0.1) is 27.7 Å². The second kappa shape index (κ2) is 8.95. The summed E-state index contributed by atoms with van der Waals surface area (Å²) in [5.74, 6) is -1.46. The minimum atomic E-state index is -0.662. The molecule has 0 spiro atoms. The Morgan fingerprint density at radius 2 is 1.50 bits per heavy atom. The average Bonchev–Trinajstić information content (AvgIpc) is 3.15. The lowest BCUT2D eigenvalue weighted by atomic mass is 10.1. The van der Waals surface area contributed by atoms with E-state index in [9.17, 15) is 9.59 Å². The maximum atomic E-state index is 13.2. The topological polar surface area (TPSA) is 81.0 Å². The number of hydrogen-bond acceptors (Lipinski definition) is 5. The molecule has 0 radical (unpaired) electrons. The van der Waals surface area contributed by atoms with Gasteiger partial charge in [-0.2, -0.15) is 4.80 Å². The molecule has 0 atom stereocenters. The molecule has 2 aromatic carbocycles. The smallest absolute Gasteiger partial charge is 0.268 e. The number of unbranched alkanes of at least 4 members (excludes halogenated alkanes) is 1. The van der Waals surface area contributed by atoms with Crippen LogP contribution in [0.3, 0.4) is 0 Å². The number of anilines is 1. The van der Waals surface area contributed by atoms with E-state index in [2.05, 4.69) is 15.4 Å². The Balaban J connectivity index is 2.05. The Hall–Kier alpha value is -2.77. The molecule has 7 nitrogen and oxygen atoms in total. The number of benzene rings is 2. The predicted molar refractivity (Wildman–Crippen MR) is 107 cm³/mol. The van der Waals surface area contributed by atoms with Crippen molar-refractivity contribution in [3.63, 3.8) is 0 Å². The average molecular weight is 418 g/mol. The highest BCUT2D eigenvalue weighted by Gasteiger charge is 2.31. The lowest BCUT2D eigenvalue weighted by molar-refractivity contribution is 0.0895. The van der Waals surface area contributed by atoms with Gasteiger partial charge in [-0.1, -0.05) is 65.9 Å². The number of hydrogen-bond donors (Lipinski definition) is 0. The molecule has 0 N–H and O–H groups in total. The van der Waals surface area contributed by atoms with Gasteiger partial charge in [-0.3, -0.25) is 9.59 Å². The van der Waals surface area contributed by atoms with Crippen LogP contribution in [0.25, 0.3) is 0 Å².